The second kappa shape index (κ2) is 7.76. The molecule has 0 radical (unpaired) electrons. The van der Waals surface area contributed by atoms with Crippen molar-refractivity contribution in [3.63, 3.8) is 0 Å². The number of hydrogen-bond acceptors (Lipinski definition) is 3. The molecule has 1 N–H and O–H groups in total. The Bertz CT molecular complexity index is 1070. The Hall–Kier alpha value is -2.92. The lowest BCUT2D eigenvalue weighted by Crippen LogP contribution is -2.25. The van der Waals surface area contributed by atoms with Crippen LogP contribution in [-0.2, 0) is 13.0 Å². The maximum atomic E-state index is 12.2. The average Bonchev–Trinajstić information content (AvgIpc) is 3.31. The van der Waals surface area contributed by atoms with Gasteiger partial charge in [-0.2, -0.15) is 0 Å². The first kappa shape index (κ1) is 17.5. The molecule has 0 unspecified atom stereocenters. The summed E-state index contributed by atoms with van der Waals surface area (Å²) in [5.74, 6) is 0.968. The lowest BCUT2D eigenvalue weighted by atomic mass is 10.1. The van der Waals surface area contributed by atoms with Crippen molar-refractivity contribution < 1.29 is 4.79 Å². The summed E-state index contributed by atoms with van der Waals surface area (Å²) in [6.45, 7) is 3.45. The van der Waals surface area contributed by atoms with E-state index in [0.717, 1.165) is 28.3 Å². The van der Waals surface area contributed by atoms with Crippen molar-refractivity contribution in [3.05, 3.63) is 87.9 Å². The van der Waals surface area contributed by atoms with Gasteiger partial charge in [-0.1, -0.05) is 48.0 Å². The summed E-state index contributed by atoms with van der Waals surface area (Å²) in [5.41, 5.74) is 4.62. The van der Waals surface area contributed by atoms with E-state index in [9.17, 15) is 4.79 Å². The first-order valence-corrected chi connectivity index (χ1v) is 9.90. The van der Waals surface area contributed by atoms with Crippen molar-refractivity contribution in [1.82, 2.24) is 14.9 Å². The molecular weight excluding hydrogens is 354 g/mol. The van der Waals surface area contributed by atoms with Gasteiger partial charge in [0.15, 0.2) is 0 Å². The quantitative estimate of drug-likeness (QED) is 0.542. The van der Waals surface area contributed by atoms with E-state index in [1.54, 1.807) is 0 Å². The van der Waals surface area contributed by atoms with Gasteiger partial charge in [0, 0.05) is 19.5 Å². The molecule has 4 nitrogen and oxygen atoms in total. The number of amides is 1. The highest BCUT2D eigenvalue weighted by atomic mass is 32.1. The minimum absolute atomic E-state index is 0.0219. The Morgan fingerprint density at radius 2 is 2.00 bits per heavy atom. The third-order valence-corrected chi connectivity index (χ3v) is 5.40. The van der Waals surface area contributed by atoms with Crippen LogP contribution in [0, 0.1) is 6.92 Å². The molecule has 0 aliphatic heterocycles. The van der Waals surface area contributed by atoms with Gasteiger partial charge >= 0.3 is 0 Å². The SMILES string of the molecule is Cc1cccc(Cn2c(CCNC(=O)c3cccs3)nc3ccccc32)c1. The summed E-state index contributed by atoms with van der Waals surface area (Å²) >= 11 is 1.45. The molecule has 0 saturated heterocycles. The van der Waals surface area contributed by atoms with Gasteiger partial charge in [0.2, 0.25) is 0 Å². The van der Waals surface area contributed by atoms with Crippen LogP contribution < -0.4 is 5.32 Å². The van der Waals surface area contributed by atoms with Crippen LogP contribution in [0.25, 0.3) is 11.0 Å². The van der Waals surface area contributed by atoms with Crippen molar-refractivity contribution >= 4 is 28.3 Å². The van der Waals surface area contributed by atoms with Crippen molar-refractivity contribution in [2.45, 2.75) is 19.9 Å². The highest BCUT2D eigenvalue weighted by Gasteiger charge is 2.12. The Morgan fingerprint density at radius 1 is 1.11 bits per heavy atom. The Labute approximate surface area is 162 Å². The highest BCUT2D eigenvalue weighted by molar-refractivity contribution is 7.12. The van der Waals surface area contributed by atoms with Gasteiger partial charge in [0.1, 0.15) is 5.82 Å². The fourth-order valence-corrected chi connectivity index (χ4v) is 3.91. The first-order chi connectivity index (χ1) is 13.2. The predicted octanol–water partition coefficient (Wildman–Crippen LogP) is 4.43. The zero-order chi connectivity index (χ0) is 18.6. The van der Waals surface area contributed by atoms with Crippen LogP contribution in [0.3, 0.4) is 0 Å². The molecule has 5 heteroatoms. The standard InChI is InChI=1S/C22H21N3OS/c1-16-6-4-7-17(14-16)15-25-19-9-3-2-8-18(19)24-21(25)11-12-23-22(26)20-10-5-13-27-20/h2-10,13-14H,11-12,15H2,1H3,(H,23,26). The molecule has 27 heavy (non-hydrogen) atoms. The van der Waals surface area contributed by atoms with Crippen molar-refractivity contribution in [2.24, 2.45) is 0 Å². The molecule has 0 atom stereocenters. The zero-order valence-corrected chi connectivity index (χ0v) is 16.0. The van der Waals surface area contributed by atoms with Crippen LogP contribution in [-0.4, -0.2) is 22.0 Å². The summed E-state index contributed by atoms with van der Waals surface area (Å²) in [6, 6.07) is 20.5. The fourth-order valence-electron chi connectivity index (χ4n) is 3.27. The molecule has 0 bridgehead atoms. The number of aryl methyl sites for hydroxylation is 1. The van der Waals surface area contributed by atoms with Gasteiger partial charge in [0.05, 0.1) is 15.9 Å². The molecule has 1 amide bonds. The van der Waals surface area contributed by atoms with Crippen molar-refractivity contribution in [3.8, 4) is 0 Å². The fraction of sp³-hybridized carbons (Fsp3) is 0.182. The van der Waals surface area contributed by atoms with Gasteiger partial charge in [-0.25, -0.2) is 4.98 Å². The van der Waals surface area contributed by atoms with Crippen LogP contribution in [0.2, 0.25) is 0 Å². The number of para-hydroxylation sites is 2. The summed E-state index contributed by atoms with van der Waals surface area (Å²) in [5, 5.41) is 4.91. The highest BCUT2D eigenvalue weighted by Crippen LogP contribution is 2.19. The number of carbonyl (C=O) groups is 1. The van der Waals surface area contributed by atoms with E-state index in [-0.39, 0.29) is 5.91 Å². The number of benzene rings is 2. The van der Waals surface area contributed by atoms with Crippen LogP contribution in [0.15, 0.2) is 66.0 Å². The summed E-state index contributed by atoms with van der Waals surface area (Å²) in [6.07, 6.45) is 0.692. The predicted molar refractivity (Wildman–Crippen MR) is 110 cm³/mol. The number of imidazole rings is 1. The Morgan fingerprint density at radius 3 is 2.81 bits per heavy atom. The normalized spacial score (nSPS) is 11.0. The van der Waals surface area contributed by atoms with Gasteiger partial charge in [-0.15, -0.1) is 11.3 Å². The summed E-state index contributed by atoms with van der Waals surface area (Å²) < 4.78 is 2.25. The third kappa shape index (κ3) is 3.93. The number of hydrogen-bond donors (Lipinski definition) is 1. The molecule has 0 aliphatic carbocycles. The summed E-state index contributed by atoms with van der Waals surface area (Å²) in [4.78, 5) is 17.7. The monoisotopic (exact) mass is 375 g/mol. The van der Waals surface area contributed by atoms with Crippen LogP contribution in [0.5, 0.6) is 0 Å². The molecule has 4 rings (SSSR count). The lowest BCUT2D eigenvalue weighted by Gasteiger charge is -2.10. The van der Waals surface area contributed by atoms with Gasteiger partial charge < -0.3 is 9.88 Å². The van der Waals surface area contributed by atoms with E-state index in [2.05, 4.69) is 47.1 Å². The Kier molecular flexibility index (Phi) is 5.03. The third-order valence-electron chi connectivity index (χ3n) is 4.54. The van der Waals surface area contributed by atoms with Crippen molar-refractivity contribution in [1.29, 1.82) is 0 Å². The minimum Gasteiger partial charge on any atom is -0.351 e. The molecule has 0 saturated carbocycles. The van der Waals surface area contributed by atoms with E-state index in [1.165, 1.54) is 22.5 Å². The summed E-state index contributed by atoms with van der Waals surface area (Å²) in [7, 11) is 0. The minimum atomic E-state index is -0.0219. The second-order valence-corrected chi connectivity index (χ2v) is 7.52. The first-order valence-electron chi connectivity index (χ1n) is 9.02. The van der Waals surface area contributed by atoms with E-state index in [1.807, 2.05) is 35.7 Å². The van der Waals surface area contributed by atoms with E-state index < -0.39 is 0 Å². The zero-order valence-electron chi connectivity index (χ0n) is 15.2. The topological polar surface area (TPSA) is 46.9 Å². The molecule has 0 aliphatic rings. The molecule has 2 aromatic carbocycles. The smallest absolute Gasteiger partial charge is 0.261 e. The van der Waals surface area contributed by atoms with Gasteiger partial charge in [-0.3, -0.25) is 4.79 Å². The number of carbonyl (C=O) groups excluding carboxylic acids is 1. The van der Waals surface area contributed by atoms with Crippen LogP contribution in [0.1, 0.15) is 26.6 Å². The lowest BCUT2D eigenvalue weighted by molar-refractivity contribution is 0.0958. The largest absolute Gasteiger partial charge is 0.351 e. The maximum absolute atomic E-state index is 12.2. The number of fused-ring (bicyclic) bond motifs is 1. The van der Waals surface area contributed by atoms with Crippen molar-refractivity contribution in [2.75, 3.05) is 6.54 Å². The van der Waals surface area contributed by atoms with Gasteiger partial charge in [-0.05, 0) is 36.1 Å². The second-order valence-electron chi connectivity index (χ2n) is 6.58. The molecule has 0 fully saturated rings. The number of rotatable bonds is 6. The maximum Gasteiger partial charge on any atom is 0.261 e. The molecule has 0 spiro atoms. The molecule has 2 aromatic heterocycles. The Balaban J connectivity index is 1.55. The number of nitrogens with one attached hydrogen (secondary N) is 1. The number of aromatic nitrogens is 2. The molecule has 136 valence electrons. The van der Waals surface area contributed by atoms with E-state index in [4.69, 9.17) is 4.98 Å². The number of thiophene rings is 1. The molecular formula is C22H21N3OS. The molecule has 4 aromatic rings. The average molecular weight is 375 g/mol. The molecule has 2 heterocycles. The number of nitrogens with zero attached hydrogens (tertiary/aromatic N) is 2. The van der Waals surface area contributed by atoms with E-state index >= 15 is 0 Å². The van der Waals surface area contributed by atoms with Crippen LogP contribution in [0.4, 0.5) is 0 Å². The van der Waals surface area contributed by atoms with E-state index in [0.29, 0.717) is 13.0 Å². The van der Waals surface area contributed by atoms with Gasteiger partial charge in [0.25, 0.3) is 5.91 Å². The van der Waals surface area contributed by atoms with Crippen LogP contribution >= 0.6 is 11.3 Å².